The fraction of sp³-hybridized carbons (Fsp3) is 0.255. The van der Waals surface area contributed by atoms with Crippen LogP contribution in [0.2, 0.25) is 0 Å². The minimum absolute atomic E-state index is 0.0145. The van der Waals surface area contributed by atoms with Gasteiger partial charge in [-0.3, -0.25) is 9.59 Å². The summed E-state index contributed by atoms with van der Waals surface area (Å²) >= 11 is 0. The molecule has 2 atom stereocenters. The number of amides is 2. The number of hydrogen-bond acceptors (Lipinski definition) is 8. The van der Waals surface area contributed by atoms with Crippen LogP contribution in [0.25, 0.3) is 32.7 Å². The van der Waals surface area contributed by atoms with Crippen LogP contribution in [0.1, 0.15) is 80.8 Å². The molecule has 6 N–H and O–H groups in total. The van der Waals surface area contributed by atoms with Crippen molar-refractivity contribution in [1.82, 2.24) is 44.7 Å². The molecule has 2 amide bonds. The first-order chi connectivity index (χ1) is 30.6. The number of nitrogens with zero attached hydrogens (tertiary/aromatic N) is 5. The first-order valence-corrected chi connectivity index (χ1v) is 20.7. The number of nitrogens with one attached hydrogen (secondary N) is 5. The third-order valence-electron chi connectivity index (χ3n) is 10.7. The van der Waals surface area contributed by atoms with E-state index >= 15 is 0 Å². The highest BCUT2D eigenvalue weighted by Crippen LogP contribution is 2.26. The van der Waals surface area contributed by atoms with E-state index in [-0.39, 0.29) is 42.0 Å². The molecule has 16 heteroatoms. The van der Waals surface area contributed by atoms with Crippen LogP contribution in [0.5, 0.6) is 0 Å². The number of aromatic amines is 3. The summed E-state index contributed by atoms with van der Waals surface area (Å²) in [5.74, 6) is -1.93. The molecule has 0 radical (unpaired) electrons. The lowest BCUT2D eigenvalue weighted by Gasteiger charge is -2.30. The summed E-state index contributed by atoms with van der Waals surface area (Å²) in [4.78, 5) is 64.7. The van der Waals surface area contributed by atoms with Gasteiger partial charge in [0, 0.05) is 76.6 Å². The number of aromatic nitrogens is 7. The van der Waals surface area contributed by atoms with E-state index in [0.717, 1.165) is 69.6 Å². The molecule has 1 aliphatic carbocycles. The van der Waals surface area contributed by atoms with E-state index in [1.165, 1.54) is 5.56 Å². The average Bonchev–Trinajstić information content (AvgIpc) is 4.14. The Bertz CT molecular complexity index is 2880. The third kappa shape index (κ3) is 11.1. The zero-order valence-corrected chi connectivity index (χ0v) is 34.9. The van der Waals surface area contributed by atoms with Crippen LogP contribution in [0.4, 0.5) is 0 Å². The van der Waals surface area contributed by atoms with Gasteiger partial charge in [0.05, 0.1) is 31.2 Å². The minimum atomic E-state index is -0.942. The SMILES string of the molecule is CCOC(=O)c1cc2ccc(C)cc2[nH]1.N#CCNC(=O)[C@@H]1CCCC[C@@H]1NC(=O)c1cc2ccc(Cn3ccnc3)cc2[nH]1.O=C(O)c1cc2ccc(Cn3ccnc3)cc2[nH]1. The van der Waals surface area contributed by atoms with E-state index in [1.54, 1.807) is 38.0 Å². The summed E-state index contributed by atoms with van der Waals surface area (Å²) < 4.78 is 8.86. The molecule has 0 saturated heterocycles. The number of aromatic carboxylic acids is 1. The summed E-state index contributed by atoms with van der Waals surface area (Å²) in [5.41, 5.74) is 7.27. The number of esters is 1. The highest BCUT2D eigenvalue weighted by Gasteiger charge is 2.32. The Kier molecular flexibility index (Phi) is 13.8. The van der Waals surface area contributed by atoms with E-state index in [1.807, 2.05) is 101 Å². The molecule has 5 heterocycles. The Labute approximate surface area is 362 Å². The quantitative estimate of drug-likeness (QED) is 0.0575. The number of rotatable bonds is 11. The molecule has 8 aromatic rings. The van der Waals surface area contributed by atoms with Crippen molar-refractivity contribution < 1.29 is 29.0 Å². The maximum absolute atomic E-state index is 12.9. The number of benzene rings is 3. The highest BCUT2D eigenvalue weighted by molar-refractivity contribution is 5.99. The predicted octanol–water partition coefficient (Wildman–Crippen LogP) is 7.11. The summed E-state index contributed by atoms with van der Waals surface area (Å²) in [6.07, 6.45) is 14.2. The molecule has 0 bridgehead atoms. The first-order valence-electron chi connectivity index (χ1n) is 20.7. The molecule has 0 spiro atoms. The maximum atomic E-state index is 12.9. The highest BCUT2D eigenvalue weighted by atomic mass is 16.5. The van der Waals surface area contributed by atoms with Gasteiger partial charge in [-0.15, -0.1) is 0 Å². The van der Waals surface area contributed by atoms with Gasteiger partial charge in [-0.1, -0.05) is 49.2 Å². The second kappa shape index (κ2) is 20.1. The van der Waals surface area contributed by atoms with Crippen molar-refractivity contribution in [1.29, 1.82) is 5.26 Å². The fourth-order valence-electron chi connectivity index (χ4n) is 7.65. The van der Waals surface area contributed by atoms with Gasteiger partial charge >= 0.3 is 11.9 Å². The molecule has 63 heavy (non-hydrogen) atoms. The number of fused-ring (bicyclic) bond motifs is 3. The third-order valence-corrected chi connectivity index (χ3v) is 10.7. The molecule has 16 nitrogen and oxygen atoms in total. The number of carbonyl (C=O) groups is 4. The standard InChI is InChI=1S/C22H24N6O2.C13H11N3O2.C12H13NO2/c23-7-8-25-21(29)17-3-1-2-4-18(17)27-22(30)20-12-16-6-5-15(11-19(16)26-20)13-28-10-9-24-14-28;17-13(18)12-6-10-2-1-9(5-11(10)15-12)7-16-4-3-14-8-16;1-3-15-12(14)11-7-9-5-4-8(2)6-10(9)13-11/h5-6,9-12,14,17-18,26H,1-4,8,13H2,(H,25,29)(H,27,30);1-6,8,15H,7H2,(H,17,18);4-7,13H,3H2,1-2H3/t17-,18+;;/m1../s1. The van der Waals surface area contributed by atoms with Gasteiger partial charge in [-0.2, -0.15) is 5.26 Å². The van der Waals surface area contributed by atoms with Crippen LogP contribution >= 0.6 is 0 Å². The predicted molar refractivity (Wildman–Crippen MR) is 237 cm³/mol. The first kappa shape index (κ1) is 43.2. The molecule has 1 aliphatic rings. The molecular formula is C47H48N10O6. The summed E-state index contributed by atoms with van der Waals surface area (Å²) in [7, 11) is 0. The summed E-state index contributed by atoms with van der Waals surface area (Å²) in [6, 6.07) is 24.9. The van der Waals surface area contributed by atoms with Gasteiger partial charge in [-0.25, -0.2) is 19.6 Å². The van der Waals surface area contributed by atoms with Gasteiger partial charge in [0.15, 0.2) is 0 Å². The Balaban J connectivity index is 0.000000153. The fourth-order valence-corrected chi connectivity index (χ4v) is 7.65. The molecule has 3 aromatic carbocycles. The van der Waals surface area contributed by atoms with Gasteiger partial charge in [0.25, 0.3) is 5.91 Å². The van der Waals surface area contributed by atoms with Crippen LogP contribution < -0.4 is 10.6 Å². The number of carbonyl (C=O) groups excluding carboxylic acids is 3. The van der Waals surface area contributed by atoms with E-state index in [9.17, 15) is 19.2 Å². The van der Waals surface area contributed by atoms with Crippen molar-refractivity contribution in [2.75, 3.05) is 13.2 Å². The van der Waals surface area contributed by atoms with Crippen molar-refractivity contribution in [3.63, 3.8) is 0 Å². The zero-order chi connectivity index (χ0) is 44.3. The average molecular weight is 849 g/mol. The number of carboxylic acid groups (broad SMARTS) is 1. The summed E-state index contributed by atoms with van der Waals surface area (Å²) in [6.45, 7) is 5.62. The van der Waals surface area contributed by atoms with E-state index < -0.39 is 5.97 Å². The number of carboxylic acids is 1. The van der Waals surface area contributed by atoms with E-state index in [0.29, 0.717) is 31.0 Å². The zero-order valence-electron chi connectivity index (χ0n) is 34.9. The van der Waals surface area contributed by atoms with Crippen molar-refractivity contribution in [2.24, 2.45) is 5.92 Å². The van der Waals surface area contributed by atoms with E-state index in [2.05, 4.69) is 35.6 Å². The largest absolute Gasteiger partial charge is 0.477 e. The number of hydrogen-bond donors (Lipinski definition) is 6. The second-order valence-corrected chi connectivity index (χ2v) is 15.3. The van der Waals surface area contributed by atoms with Crippen LogP contribution in [0, 0.1) is 24.2 Å². The van der Waals surface area contributed by atoms with Crippen molar-refractivity contribution in [2.45, 2.75) is 58.7 Å². The van der Waals surface area contributed by atoms with Crippen molar-refractivity contribution in [3.8, 4) is 6.07 Å². The Morgan fingerprint density at radius 3 is 1.92 bits per heavy atom. The van der Waals surface area contributed by atoms with Gasteiger partial charge in [-0.05, 0) is 79.8 Å². The molecule has 9 rings (SSSR count). The number of aryl methyl sites for hydroxylation is 1. The minimum Gasteiger partial charge on any atom is -0.477 e. The Morgan fingerprint density at radius 2 is 1.33 bits per heavy atom. The lowest BCUT2D eigenvalue weighted by Crippen LogP contribution is -2.48. The molecule has 1 fully saturated rings. The molecular weight excluding hydrogens is 801 g/mol. The van der Waals surface area contributed by atoms with Gasteiger partial charge < -0.3 is 44.6 Å². The van der Waals surface area contributed by atoms with Crippen LogP contribution in [-0.4, -0.2) is 82.1 Å². The Morgan fingerprint density at radius 1 is 0.778 bits per heavy atom. The lowest BCUT2D eigenvalue weighted by molar-refractivity contribution is -0.126. The Hall–Kier alpha value is -7.93. The molecule has 1 saturated carbocycles. The topological polar surface area (TPSA) is 229 Å². The number of nitriles is 1. The number of H-pyrrole nitrogens is 3. The molecule has 0 unspecified atom stereocenters. The van der Waals surface area contributed by atoms with Crippen LogP contribution in [0.3, 0.4) is 0 Å². The maximum Gasteiger partial charge on any atom is 0.354 e. The summed E-state index contributed by atoms with van der Waals surface area (Å²) in [5, 5.41) is 26.2. The van der Waals surface area contributed by atoms with Gasteiger partial charge in [0.2, 0.25) is 5.91 Å². The molecule has 5 aromatic heterocycles. The number of ether oxygens (including phenoxy) is 1. The second-order valence-electron chi connectivity index (χ2n) is 15.3. The normalized spacial score (nSPS) is 14.5. The number of imidazole rings is 2. The molecule has 0 aliphatic heterocycles. The monoisotopic (exact) mass is 848 g/mol. The lowest BCUT2D eigenvalue weighted by atomic mass is 9.83. The van der Waals surface area contributed by atoms with Crippen molar-refractivity contribution in [3.05, 3.63) is 144 Å². The smallest absolute Gasteiger partial charge is 0.354 e. The van der Waals surface area contributed by atoms with Crippen LogP contribution in [0.15, 0.2) is 110 Å². The van der Waals surface area contributed by atoms with Gasteiger partial charge in [0.1, 0.15) is 23.6 Å². The van der Waals surface area contributed by atoms with E-state index in [4.69, 9.17) is 15.1 Å². The molecule has 322 valence electrons. The van der Waals surface area contributed by atoms with Crippen molar-refractivity contribution >= 4 is 56.5 Å². The van der Waals surface area contributed by atoms with Crippen LogP contribution in [-0.2, 0) is 22.6 Å².